The number of hydrogen-bond acceptors (Lipinski definition) is 2. The van der Waals surface area contributed by atoms with Gasteiger partial charge in [-0.1, -0.05) is 58.9 Å². The molecule has 1 rings (SSSR count). The van der Waals surface area contributed by atoms with Crippen LogP contribution in [0.15, 0.2) is 24.3 Å². The summed E-state index contributed by atoms with van der Waals surface area (Å²) >= 11 is 0. The van der Waals surface area contributed by atoms with Crippen molar-refractivity contribution in [3.05, 3.63) is 35.4 Å². The van der Waals surface area contributed by atoms with Gasteiger partial charge in [0.15, 0.2) is 0 Å². The second-order valence-corrected chi connectivity index (χ2v) is 6.16. The quantitative estimate of drug-likeness (QED) is 0.845. The molecule has 2 heteroatoms. The van der Waals surface area contributed by atoms with Crippen LogP contribution in [0.25, 0.3) is 0 Å². The predicted molar refractivity (Wildman–Crippen MR) is 72.9 cm³/mol. The highest BCUT2D eigenvalue weighted by molar-refractivity contribution is 5.27. The van der Waals surface area contributed by atoms with Gasteiger partial charge in [0.05, 0.1) is 12.1 Å². The first-order chi connectivity index (χ1) is 7.73. The summed E-state index contributed by atoms with van der Waals surface area (Å²) in [4.78, 5) is 0. The van der Waals surface area contributed by atoms with Crippen molar-refractivity contribution in [3.8, 4) is 0 Å². The zero-order chi connectivity index (χ0) is 13.2. The first-order valence-corrected chi connectivity index (χ1v) is 6.27. The maximum Gasteiger partial charge on any atom is 0.0780 e. The van der Waals surface area contributed by atoms with Crippen LogP contribution in [0.1, 0.15) is 57.7 Å². The average Bonchev–Trinajstić information content (AvgIpc) is 2.26. The van der Waals surface area contributed by atoms with Gasteiger partial charge in [-0.2, -0.15) is 0 Å². The van der Waals surface area contributed by atoms with Crippen molar-refractivity contribution < 1.29 is 5.11 Å². The molecule has 96 valence electrons. The van der Waals surface area contributed by atoms with E-state index in [1.807, 2.05) is 32.9 Å². The maximum absolute atomic E-state index is 10.2. The lowest BCUT2D eigenvalue weighted by Gasteiger charge is -2.31. The number of hydrogen-bond donors (Lipinski definition) is 2. The Bertz CT molecular complexity index is 348. The van der Waals surface area contributed by atoms with Gasteiger partial charge in [-0.05, 0) is 22.5 Å². The van der Waals surface area contributed by atoms with Crippen LogP contribution in [0.2, 0.25) is 0 Å². The molecule has 0 saturated carbocycles. The SMILES string of the molecule is CC(C)c1ccc([C@H](N)[C@H](O)C(C)(C)C)cc1. The molecule has 2 atom stereocenters. The fourth-order valence-electron chi connectivity index (χ4n) is 1.82. The van der Waals surface area contributed by atoms with Crippen molar-refractivity contribution in [3.63, 3.8) is 0 Å². The normalized spacial score (nSPS) is 16.0. The fraction of sp³-hybridized carbons (Fsp3) is 0.600. The zero-order valence-electron chi connectivity index (χ0n) is 11.6. The number of aliphatic hydroxyl groups excluding tert-OH is 1. The third-order valence-electron chi connectivity index (χ3n) is 3.22. The largest absolute Gasteiger partial charge is 0.391 e. The van der Waals surface area contributed by atoms with Gasteiger partial charge >= 0.3 is 0 Å². The number of nitrogens with two attached hydrogens (primary N) is 1. The van der Waals surface area contributed by atoms with Crippen molar-refractivity contribution in [1.82, 2.24) is 0 Å². The molecule has 0 aliphatic heterocycles. The summed E-state index contributed by atoms with van der Waals surface area (Å²) in [5.74, 6) is 0.521. The van der Waals surface area contributed by atoms with Gasteiger partial charge in [0.2, 0.25) is 0 Å². The Morgan fingerprint density at radius 3 is 1.76 bits per heavy atom. The molecule has 0 radical (unpaired) electrons. The highest BCUT2D eigenvalue weighted by Gasteiger charge is 2.28. The topological polar surface area (TPSA) is 46.2 Å². The molecular weight excluding hydrogens is 210 g/mol. The van der Waals surface area contributed by atoms with E-state index in [2.05, 4.69) is 26.0 Å². The molecule has 0 aliphatic carbocycles. The molecule has 0 amide bonds. The first-order valence-electron chi connectivity index (χ1n) is 6.27. The van der Waals surface area contributed by atoms with E-state index in [9.17, 15) is 5.11 Å². The third-order valence-corrected chi connectivity index (χ3v) is 3.22. The van der Waals surface area contributed by atoms with E-state index < -0.39 is 6.10 Å². The van der Waals surface area contributed by atoms with Gasteiger partial charge in [-0.3, -0.25) is 0 Å². The van der Waals surface area contributed by atoms with Crippen LogP contribution in [0.4, 0.5) is 0 Å². The summed E-state index contributed by atoms with van der Waals surface area (Å²) < 4.78 is 0. The van der Waals surface area contributed by atoms with E-state index in [4.69, 9.17) is 5.73 Å². The maximum atomic E-state index is 10.2. The summed E-state index contributed by atoms with van der Waals surface area (Å²) in [6.07, 6.45) is -0.535. The van der Waals surface area contributed by atoms with Crippen molar-refractivity contribution in [2.24, 2.45) is 11.1 Å². The van der Waals surface area contributed by atoms with Crippen molar-refractivity contribution in [1.29, 1.82) is 0 Å². The van der Waals surface area contributed by atoms with E-state index in [1.165, 1.54) is 5.56 Å². The summed E-state index contributed by atoms with van der Waals surface area (Å²) in [6, 6.07) is 7.91. The van der Waals surface area contributed by atoms with Gasteiger partial charge in [-0.15, -0.1) is 0 Å². The van der Waals surface area contributed by atoms with Crippen molar-refractivity contribution in [2.75, 3.05) is 0 Å². The first kappa shape index (κ1) is 14.2. The molecule has 0 saturated heterocycles. The molecular formula is C15H25NO. The second kappa shape index (κ2) is 5.19. The number of benzene rings is 1. The molecule has 0 spiro atoms. The third kappa shape index (κ3) is 3.55. The van der Waals surface area contributed by atoms with Crippen molar-refractivity contribution in [2.45, 2.75) is 52.7 Å². The minimum absolute atomic E-state index is 0.198. The lowest BCUT2D eigenvalue weighted by atomic mass is 9.82. The molecule has 0 aromatic heterocycles. The highest BCUT2D eigenvalue weighted by atomic mass is 16.3. The van der Waals surface area contributed by atoms with E-state index >= 15 is 0 Å². The molecule has 0 unspecified atom stereocenters. The van der Waals surface area contributed by atoms with Gasteiger partial charge in [0, 0.05) is 0 Å². The predicted octanol–water partition coefficient (Wildman–Crippen LogP) is 3.22. The standard InChI is InChI=1S/C15H25NO/c1-10(2)11-6-8-12(9-7-11)13(16)14(17)15(3,4)5/h6-10,13-14,17H,16H2,1-5H3/t13-,14-/m0/s1. The van der Waals surface area contributed by atoms with E-state index in [0.29, 0.717) is 5.92 Å². The van der Waals surface area contributed by atoms with E-state index in [1.54, 1.807) is 0 Å². The van der Waals surface area contributed by atoms with Gasteiger partial charge in [0.1, 0.15) is 0 Å². The number of aliphatic hydroxyl groups is 1. The molecule has 2 nitrogen and oxygen atoms in total. The van der Waals surface area contributed by atoms with Crippen LogP contribution >= 0.6 is 0 Å². The summed E-state index contributed by atoms with van der Waals surface area (Å²) in [6.45, 7) is 10.3. The van der Waals surface area contributed by atoms with Crippen LogP contribution in [0, 0.1) is 5.41 Å². The molecule has 1 aromatic carbocycles. The molecule has 0 aliphatic rings. The Balaban J connectivity index is 2.87. The molecule has 0 fully saturated rings. The average molecular weight is 235 g/mol. The Hall–Kier alpha value is -0.860. The summed E-state index contributed by atoms with van der Waals surface area (Å²) in [5.41, 5.74) is 8.20. The van der Waals surface area contributed by atoms with E-state index in [0.717, 1.165) is 5.56 Å². The van der Waals surface area contributed by atoms with Gasteiger partial charge in [0.25, 0.3) is 0 Å². The zero-order valence-corrected chi connectivity index (χ0v) is 11.6. The summed E-state index contributed by atoms with van der Waals surface area (Å²) in [5, 5.41) is 10.2. The van der Waals surface area contributed by atoms with Crippen LogP contribution in [-0.4, -0.2) is 11.2 Å². The summed E-state index contributed by atoms with van der Waals surface area (Å²) in [7, 11) is 0. The molecule has 0 heterocycles. The lowest BCUT2D eigenvalue weighted by Crippen LogP contribution is -2.36. The van der Waals surface area contributed by atoms with Crippen LogP contribution in [-0.2, 0) is 0 Å². The Morgan fingerprint density at radius 2 is 1.41 bits per heavy atom. The molecule has 3 N–H and O–H groups in total. The Kier molecular flexibility index (Phi) is 4.34. The van der Waals surface area contributed by atoms with Gasteiger partial charge in [-0.25, -0.2) is 0 Å². The lowest BCUT2D eigenvalue weighted by molar-refractivity contribution is 0.0401. The smallest absolute Gasteiger partial charge is 0.0780 e. The molecule has 17 heavy (non-hydrogen) atoms. The molecule has 1 aromatic rings. The monoisotopic (exact) mass is 235 g/mol. The number of rotatable bonds is 3. The van der Waals surface area contributed by atoms with Crippen LogP contribution < -0.4 is 5.73 Å². The second-order valence-electron chi connectivity index (χ2n) is 6.16. The highest BCUT2D eigenvalue weighted by Crippen LogP contribution is 2.29. The minimum atomic E-state index is -0.535. The minimum Gasteiger partial charge on any atom is -0.391 e. The van der Waals surface area contributed by atoms with Crippen LogP contribution in [0.5, 0.6) is 0 Å². The van der Waals surface area contributed by atoms with Crippen molar-refractivity contribution >= 4 is 0 Å². The fourth-order valence-corrected chi connectivity index (χ4v) is 1.82. The van der Waals surface area contributed by atoms with Crippen LogP contribution in [0.3, 0.4) is 0 Å². The van der Waals surface area contributed by atoms with Gasteiger partial charge < -0.3 is 10.8 Å². The Morgan fingerprint density at radius 1 is 1.00 bits per heavy atom. The molecule has 0 bridgehead atoms. The Labute approximate surface area is 105 Å². The van der Waals surface area contributed by atoms with E-state index in [-0.39, 0.29) is 11.5 Å².